The molecule has 2 rings (SSSR count). The van der Waals surface area contributed by atoms with Gasteiger partial charge in [-0.05, 0) is 58.5 Å². The lowest BCUT2D eigenvalue weighted by Crippen LogP contribution is -2.46. The van der Waals surface area contributed by atoms with Gasteiger partial charge in [-0.2, -0.15) is 0 Å². The molecule has 0 radical (unpaired) electrons. The molecule has 1 aliphatic rings. The molecule has 1 heterocycles. The molecule has 1 fully saturated rings. The molecule has 3 atom stereocenters. The Morgan fingerprint density at radius 2 is 2.11 bits per heavy atom. The summed E-state index contributed by atoms with van der Waals surface area (Å²) in [5, 5.41) is 3.42. The van der Waals surface area contributed by atoms with Crippen molar-refractivity contribution < 1.29 is 8.78 Å². The Balaban J connectivity index is 2.01. The van der Waals surface area contributed by atoms with Crippen LogP contribution >= 0.6 is 0 Å². The van der Waals surface area contributed by atoms with E-state index in [0.717, 1.165) is 25.5 Å². The van der Waals surface area contributed by atoms with E-state index in [2.05, 4.69) is 24.2 Å². The van der Waals surface area contributed by atoms with Crippen LogP contribution in [0.2, 0.25) is 0 Å². The van der Waals surface area contributed by atoms with Gasteiger partial charge in [-0.15, -0.1) is 0 Å². The van der Waals surface area contributed by atoms with E-state index in [1.165, 1.54) is 12.1 Å². The molecule has 0 aromatic heterocycles. The zero-order valence-electron chi connectivity index (χ0n) is 11.8. The van der Waals surface area contributed by atoms with Gasteiger partial charge < -0.3 is 10.2 Å². The zero-order valence-corrected chi connectivity index (χ0v) is 11.8. The molecule has 3 unspecified atom stereocenters. The van der Waals surface area contributed by atoms with Crippen LogP contribution < -0.4 is 5.32 Å². The molecular weight excluding hydrogens is 246 g/mol. The van der Waals surface area contributed by atoms with Crippen molar-refractivity contribution in [2.24, 2.45) is 0 Å². The number of nitrogens with one attached hydrogen (secondary N) is 1. The minimum absolute atomic E-state index is 0.170. The van der Waals surface area contributed by atoms with Crippen LogP contribution in [-0.4, -0.2) is 30.6 Å². The number of likely N-dealkylation sites (tertiary alicyclic amines) is 1. The molecule has 19 heavy (non-hydrogen) atoms. The summed E-state index contributed by atoms with van der Waals surface area (Å²) in [6.07, 6.45) is 2.08. The maximum atomic E-state index is 13.7. The fraction of sp³-hybridized carbons (Fsp3) is 0.600. The highest BCUT2D eigenvalue weighted by Gasteiger charge is 2.24. The van der Waals surface area contributed by atoms with Gasteiger partial charge in [0.25, 0.3) is 0 Å². The Labute approximate surface area is 113 Å². The molecule has 0 bridgehead atoms. The van der Waals surface area contributed by atoms with Gasteiger partial charge in [-0.25, -0.2) is 8.78 Å². The second-order valence-electron chi connectivity index (χ2n) is 5.61. The number of hydrogen-bond donors (Lipinski definition) is 1. The number of hydrogen-bond acceptors (Lipinski definition) is 2. The number of rotatable bonds is 3. The van der Waals surface area contributed by atoms with Crippen LogP contribution in [0.15, 0.2) is 18.2 Å². The second kappa shape index (κ2) is 5.97. The van der Waals surface area contributed by atoms with E-state index < -0.39 is 0 Å². The van der Waals surface area contributed by atoms with Crippen LogP contribution in [-0.2, 0) is 0 Å². The van der Waals surface area contributed by atoms with E-state index in [4.69, 9.17) is 0 Å². The molecule has 0 aliphatic carbocycles. The first-order valence-corrected chi connectivity index (χ1v) is 6.88. The molecule has 0 spiro atoms. The second-order valence-corrected chi connectivity index (χ2v) is 5.61. The third kappa shape index (κ3) is 3.51. The smallest absolute Gasteiger partial charge is 0.128 e. The monoisotopic (exact) mass is 268 g/mol. The van der Waals surface area contributed by atoms with Crippen LogP contribution in [0.25, 0.3) is 0 Å². The maximum Gasteiger partial charge on any atom is 0.128 e. The van der Waals surface area contributed by atoms with E-state index in [1.54, 1.807) is 0 Å². The predicted molar refractivity (Wildman–Crippen MR) is 73.0 cm³/mol. The highest BCUT2D eigenvalue weighted by atomic mass is 19.1. The molecule has 0 saturated carbocycles. The number of nitrogens with zero attached hydrogens (tertiary/aromatic N) is 1. The molecule has 106 valence electrons. The fourth-order valence-corrected chi connectivity index (χ4v) is 2.73. The maximum absolute atomic E-state index is 13.7. The van der Waals surface area contributed by atoms with Gasteiger partial charge in [0.15, 0.2) is 0 Å². The predicted octanol–water partition coefficient (Wildman–Crippen LogP) is 3.10. The minimum Gasteiger partial charge on any atom is -0.307 e. The Morgan fingerprint density at radius 1 is 1.37 bits per heavy atom. The van der Waals surface area contributed by atoms with Gasteiger partial charge in [0.1, 0.15) is 11.6 Å². The molecule has 1 aliphatic heterocycles. The lowest BCUT2D eigenvalue weighted by molar-refractivity contribution is 0.163. The largest absolute Gasteiger partial charge is 0.307 e. The van der Waals surface area contributed by atoms with E-state index in [9.17, 15) is 8.78 Å². The first kappa shape index (κ1) is 14.4. The Bertz CT molecular complexity index is 436. The van der Waals surface area contributed by atoms with Crippen LogP contribution in [0.4, 0.5) is 8.78 Å². The summed E-state index contributed by atoms with van der Waals surface area (Å²) in [5.74, 6) is -0.732. The molecule has 0 amide bonds. The number of benzene rings is 1. The number of piperidine rings is 1. The molecule has 1 aromatic rings. The van der Waals surface area contributed by atoms with Crippen LogP contribution in [0.1, 0.15) is 38.3 Å². The van der Waals surface area contributed by atoms with E-state index in [0.29, 0.717) is 17.6 Å². The van der Waals surface area contributed by atoms with Gasteiger partial charge >= 0.3 is 0 Å². The Kier molecular flexibility index (Phi) is 4.53. The summed E-state index contributed by atoms with van der Waals surface area (Å²) >= 11 is 0. The van der Waals surface area contributed by atoms with Crippen molar-refractivity contribution in [2.45, 2.75) is 44.8 Å². The minimum atomic E-state index is -0.387. The van der Waals surface area contributed by atoms with Crippen LogP contribution in [0, 0.1) is 11.6 Å². The van der Waals surface area contributed by atoms with Gasteiger partial charge in [-0.1, -0.05) is 0 Å². The molecule has 1 N–H and O–H groups in total. The zero-order chi connectivity index (χ0) is 14.0. The average molecular weight is 268 g/mol. The average Bonchev–Trinajstić information content (AvgIpc) is 2.36. The van der Waals surface area contributed by atoms with E-state index in [-0.39, 0.29) is 17.7 Å². The SMILES string of the molecule is CC(NC1CCN(C)C(C)C1)c1cc(F)ccc1F. The summed E-state index contributed by atoms with van der Waals surface area (Å²) in [6, 6.07) is 4.35. The summed E-state index contributed by atoms with van der Waals surface area (Å²) in [7, 11) is 2.12. The molecular formula is C15H22F2N2. The summed E-state index contributed by atoms with van der Waals surface area (Å²) in [5.41, 5.74) is 0.409. The van der Waals surface area contributed by atoms with Crippen molar-refractivity contribution in [3.63, 3.8) is 0 Å². The third-order valence-electron chi connectivity index (χ3n) is 4.12. The molecule has 4 heteroatoms. The quantitative estimate of drug-likeness (QED) is 0.906. The van der Waals surface area contributed by atoms with Gasteiger partial charge in [0.05, 0.1) is 0 Å². The molecule has 1 saturated heterocycles. The molecule has 2 nitrogen and oxygen atoms in total. The van der Waals surface area contributed by atoms with Crippen LogP contribution in [0.5, 0.6) is 0 Å². The van der Waals surface area contributed by atoms with Gasteiger partial charge in [0.2, 0.25) is 0 Å². The van der Waals surface area contributed by atoms with Crippen molar-refractivity contribution >= 4 is 0 Å². The highest BCUT2D eigenvalue weighted by molar-refractivity contribution is 5.22. The van der Waals surface area contributed by atoms with Gasteiger partial charge in [-0.3, -0.25) is 0 Å². The normalized spacial score (nSPS) is 26.4. The molecule has 1 aromatic carbocycles. The first-order chi connectivity index (χ1) is 8.97. The number of halogens is 2. The first-order valence-electron chi connectivity index (χ1n) is 6.88. The van der Waals surface area contributed by atoms with Crippen molar-refractivity contribution in [1.29, 1.82) is 0 Å². The van der Waals surface area contributed by atoms with Crippen LogP contribution in [0.3, 0.4) is 0 Å². The van der Waals surface area contributed by atoms with Crippen molar-refractivity contribution in [1.82, 2.24) is 10.2 Å². The van der Waals surface area contributed by atoms with E-state index in [1.807, 2.05) is 6.92 Å². The lowest BCUT2D eigenvalue weighted by atomic mass is 9.97. The highest BCUT2D eigenvalue weighted by Crippen LogP contribution is 2.22. The topological polar surface area (TPSA) is 15.3 Å². The standard InChI is InChI=1S/C15H22F2N2/c1-10-8-13(6-7-19(10)3)18-11(2)14-9-12(16)4-5-15(14)17/h4-5,9-11,13,18H,6-8H2,1-3H3. The van der Waals surface area contributed by atoms with Gasteiger partial charge in [0, 0.05) is 23.7 Å². The summed E-state index contributed by atoms with van der Waals surface area (Å²) in [6.45, 7) is 5.12. The van der Waals surface area contributed by atoms with Crippen molar-refractivity contribution in [2.75, 3.05) is 13.6 Å². The van der Waals surface area contributed by atoms with Crippen molar-refractivity contribution in [3.05, 3.63) is 35.4 Å². The summed E-state index contributed by atoms with van der Waals surface area (Å²) in [4.78, 5) is 2.33. The van der Waals surface area contributed by atoms with Crippen molar-refractivity contribution in [3.8, 4) is 0 Å². The summed E-state index contributed by atoms with van der Waals surface area (Å²) < 4.78 is 26.9. The third-order valence-corrected chi connectivity index (χ3v) is 4.12. The lowest BCUT2D eigenvalue weighted by Gasteiger charge is -2.36. The Hall–Kier alpha value is -1.00. The Morgan fingerprint density at radius 3 is 2.79 bits per heavy atom. The van der Waals surface area contributed by atoms with E-state index >= 15 is 0 Å². The fourth-order valence-electron chi connectivity index (χ4n) is 2.73.